The van der Waals surface area contributed by atoms with Gasteiger partial charge < -0.3 is 4.74 Å². The standard InChI is InChI=1S/C15H20O9S3/c1-11-4-6-12(7-5-11)27(21,22)23-9-8-13-15(25(2,17)18,26(3,19)20)10-14(16)24-13/h4-7,13H,8-10H2,1-3H3. The van der Waals surface area contributed by atoms with Crippen LogP contribution in [0.2, 0.25) is 0 Å². The van der Waals surface area contributed by atoms with Crippen LogP contribution >= 0.6 is 0 Å². The summed E-state index contributed by atoms with van der Waals surface area (Å²) < 4.78 is 80.4. The summed E-state index contributed by atoms with van der Waals surface area (Å²) in [5.74, 6) is -0.989. The fourth-order valence-electron chi connectivity index (χ4n) is 2.94. The third-order valence-corrected chi connectivity index (χ3v) is 10.8. The normalized spacial score (nSPS) is 20.4. The summed E-state index contributed by atoms with van der Waals surface area (Å²) in [7, 11) is -12.7. The molecular formula is C15H20O9S3. The maximum absolute atomic E-state index is 12.2. The van der Waals surface area contributed by atoms with Crippen LogP contribution in [0.3, 0.4) is 0 Å². The monoisotopic (exact) mass is 440 g/mol. The number of ether oxygens (including phenoxy) is 1. The van der Waals surface area contributed by atoms with Gasteiger partial charge in [0.15, 0.2) is 19.7 Å². The minimum atomic E-state index is -4.27. The van der Waals surface area contributed by atoms with Crippen molar-refractivity contribution in [2.24, 2.45) is 0 Å². The summed E-state index contributed by atoms with van der Waals surface area (Å²) in [5, 5.41) is 0. The van der Waals surface area contributed by atoms with Crippen LogP contribution in [-0.4, -0.2) is 60.5 Å². The van der Waals surface area contributed by atoms with Gasteiger partial charge >= 0.3 is 5.97 Å². The van der Waals surface area contributed by atoms with Crippen LogP contribution in [0.1, 0.15) is 18.4 Å². The van der Waals surface area contributed by atoms with E-state index < -0.39 is 65.4 Å². The number of carbonyl (C=O) groups is 1. The summed E-state index contributed by atoms with van der Waals surface area (Å²) in [6.07, 6.45) is -1.43. The Bertz CT molecular complexity index is 1000. The summed E-state index contributed by atoms with van der Waals surface area (Å²) in [6.45, 7) is 1.22. The number of hydrogen-bond donors (Lipinski definition) is 0. The number of benzene rings is 1. The van der Waals surface area contributed by atoms with Crippen molar-refractivity contribution in [2.75, 3.05) is 19.1 Å². The molecule has 12 heteroatoms. The molecule has 1 saturated heterocycles. The maximum atomic E-state index is 12.2. The van der Waals surface area contributed by atoms with Crippen LogP contribution in [0.25, 0.3) is 0 Å². The first-order valence-electron chi connectivity index (χ1n) is 7.75. The zero-order valence-corrected chi connectivity index (χ0v) is 17.4. The van der Waals surface area contributed by atoms with Crippen LogP contribution in [-0.2, 0) is 43.5 Å². The van der Waals surface area contributed by atoms with E-state index in [1.54, 1.807) is 19.1 Å². The Morgan fingerprint density at radius 1 is 1.04 bits per heavy atom. The van der Waals surface area contributed by atoms with E-state index in [2.05, 4.69) is 0 Å². The zero-order chi connectivity index (χ0) is 20.7. The van der Waals surface area contributed by atoms with Gasteiger partial charge in [-0.25, -0.2) is 16.8 Å². The van der Waals surface area contributed by atoms with Gasteiger partial charge in [-0.2, -0.15) is 8.42 Å². The van der Waals surface area contributed by atoms with Crippen LogP contribution in [0, 0.1) is 6.92 Å². The van der Waals surface area contributed by atoms with Crippen molar-refractivity contribution in [1.82, 2.24) is 0 Å². The molecule has 1 unspecified atom stereocenters. The average Bonchev–Trinajstić information content (AvgIpc) is 2.85. The fraction of sp³-hybridized carbons (Fsp3) is 0.533. The fourth-order valence-corrected chi connectivity index (χ4v) is 8.10. The number of carbonyl (C=O) groups excluding carboxylic acids is 1. The lowest BCUT2D eigenvalue weighted by molar-refractivity contribution is -0.141. The smallest absolute Gasteiger partial charge is 0.308 e. The van der Waals surface area contributed by atoms with Crippen LogP contribution in [0.4, 0.5) is 0 Å². The maximum Gasteiger partial charge on any atom is 0.308 e. The van der Waals surface area contributed by atoms with E-state index in [9.17, 15) is 30.0 Å². The highest BCUT2D eigenvalue weighted by molar-refractivity contribution is 8.09. The summed E-state index contributed by atoms with van der Waals surface area (Å²) in [4.78, 5) is 11.6. The van der Waals surface area contributed by atoms with E-state index in [-0.39, 0.29) is 4.90 Å². The summed E-state index contributed by atoms with van der Waals surface area (Å²) in [6, 6.07) is 5.84. The van der Waals surface area contributed by atoms with Crippen molar-refractivity contribution in [3.63, 3.8) is 0 Å². The average molecular weight is 441 g/mol. The molecule has 0 radical (unpaired) electrons. The first-order valence-corrected chi connectivity index (χ1v) is 12.9. The number of esters is 1. The lowest BCUT2D eigenvalue weighted by Gasteiger charge is -2.28. The Kier molecular flexibility index (Phi) is 5.77. The van der Waals surface area contributed by atoms with Gasteiger partial charge in [0.25, 0.3) is 10.1 Å². The highest BCUT2D eigenvalue weighted by Gasteiger charge is 2.63. The number of sulfone groups is 2. The number of aryl methyl sites for hydroxylation is 1. The molecule has 2 rings (SSSR count). The Hall–Kier alpha value is -1.50. The van der Waals surface area contributed by atoms with E-state index in [0.717, 1.165) is 5.56 Å². The molecular weight excluding hydrogens is 420 g/mol. The second kappa shape index (κ2) is 7.15. The predicted molar refractivity (Wildman–Crippen MR) is 95.8 cm³/mol. The van der Waals surface area contributed by atoms with E-state index >= 15 is 0 Å². The topological polar surface area (TPSA) is 138 Å². The van der Waals surface area contributed by atoms with E-state index in [0.29, 0.717) is 12.5 Å². The Labute approximate surface area is 158 Å². The van der Waals surface area contributed by atoms with Gasteiger partial charge in [0.05, 0.1) is 17.9 Å². The molecule has 1 aliphatic rings. The molecule has 152 valence electrons. The summed E-state index contributed by atoms with van der Waals surface area (Å²) in [5.41, 5.74) is 0.845. The lowest BCUT2D eigenvalue weighted by Crippen LogP contribution is -2.52. The van der Waals surface area contributed by atoms with Crippen molar-refractivity contribution < 1.29 is 39.0 Å². The number of hydrogen-bond acceptors (Lipinski definition) is 9. The minimum Gasteiger partial charge on any atom is -0.459 e. The van der Waals surface area contributed by atoms with Gasteiger partial charge in [0.1, 0.15) is 6.10 Å². The van der Waals surface area contributed by atoms with Gasteiger partial charge in [-0.3, -0.25) is 8.98 Å². The molecule has 0 spiro atoms. The zero-order valence-electron chi connectivity index (χ0n) is 14.9. The van der Waals surface area contributed by atoms with Gasteiger partial charge in [-0.15, -0.1) is 0 Å². The van der Waals surface area contributed by atoms with Crippen molar-refractivity contribution in [2.45, 2.75) is 34.8 Å². The molecule has 0 saturated carbocycles. The van der Waals surface area contributed by atoms with Gasteiger partial charge in [0, 0.05) is 18.9 Å². The molecule has 0 bridgehead atoms. The molecule has 1 aromatic carbocycles. The molecule has 1 fully saturated rings. The molecule has 0 aliphatic carbocycles. The number of rotatable bonds is 7. The Balaban J connectivity index is 2.23. The van der Waals surface area contributed by atoms with Crippen LogP contribution in [0.15, 0.2) is 29.2 Å². The lowest BCUT2D eigenvalue weighted by atomic mass is 10.2. The van der Waals surface area contributed by atoms with Gasteiger partial charge in [-0.1, -0.05) is 17.7 Å². The van der Waals surface area contributed by atoms with Crippen LogP contribution < -0.4 is 0 Å². The molecule has 0 N–H and O–H groups in total. The largest absolute Gasteiger partial charge is 0.459 e. The third-order valence-electron chi connectivity index (χ3n) is 4.34. The summed E-state index contributed by atoms with van der Waals surface area (Å²) >= 11 is 0. The first-order chi connectivity index (χ1) is 12.2. The van der Waals surface area contributed by atoms with Crippen molar-refractivity contribution >= 4 is 35.8 Å². The molecule has 1 atom stereocenters. The Morgan fingerprint density at radius 3 is 2.04 bits per heavy atom. The predicted octanol–water partition coefficient (Wildman–Crippen LogP) is 0.191. The molecule has 27 heavy (non-hydrogen) atoms. The Morgan fingerprint density at radius 2 is 1.56 bits per heavy atom. The van der Waals surface area contributed by atoms with Crippen molar-refractivity contribution in [3.05, 3.63) is 29.8 Å². The molecule has 1 heterocycles. The second-order valence-corrected chi connectivity index (χ2v) is 12.8. The first kappa shape index (κ1) is 21.8. The van der Waals surface area contributed by atoms with Crippen molar-refractivity contribution in [3.8, 4) is 0 Å². The highest BCUT2D eigenvalue weighted by Crippen LogP contribution is 2.40. The molecule has 1 aliphatic heterocycles. The molecule has 0 amide bonds. The third kappa shape index (κ3) is 4.18. The number of cyclic esters (lactones) is 1. The van der Waals surface area contributed by atoms with E-state index in [1.165, 1.54) is 12.1 Å². The van der Waals surface area contributed by atoms with E-state index in [4.69, 9.17) is 8.92 Å². The van der Waals surface area contributed by atoms with E-state index in [1.807, 2.05) is 0 Å². The van der Waals surface area contributed by atoms with Crippen molar-refractivity contribution in [1.29, 1.82) is 0 Å². The highest BCUT2D eigenvalue weighted by atomic mass is 32.3. The second-order valence-electron chi connectivity index (χ2n) is 6.39. The molecule has 1 aromatic rings. The van der Waals surface area contributed by atoms with Gasteiger partial charge in [0.2, 0.25) is 4.08 Å². The van der Waals surface area contributed by atoms with Crippen LogP contribution in [0.5, 0.6) is 0 Å². The molecule has 0 aromatic heterocycles. The molecule has 9 nitrogen and oxygen atoms in total. The minimum absolute atomic E-state index is 0.103. The quantitative estimate of drug-likeness (QED) is 0.429. The SMILES string of the molecule is Cc1ccc(S(=O)(=O)OCCC2OC(=O)CC2(S(C)(=O)=O)S(C)(=O)=O)cc1. The van der Waals surface area contributed by atoms with Gasteiger partial charge in [-0.05, 0) is 19.1 Å².